The van der Waals surface area contributed by atoms with Gasteiger partial charge in [-0.1, -0.05) is 11.6 Å². The van der Waals surface area contributed by atoms with E-state index in [1.807, 2.05) is 12.1 Å². The van der Waals surface area contributed by atoms with Crippen LogP contribution in [-0.4, -0.2) is 18.2 Å². The van der Waals surface area contributed by atoms with Crippen molar-refractivity contribution in [2.24, 2.45) is 0 Å². The van der Waals surface area contributed by atoms with Crippen LogP contribution in [0.15, 0.2) is 12.1 Å². The minimum atomic E-state index is 0.292. The second kappa shape index (κ2) is 4.61. The summed E-state index contributed by atoms with van der Waals surface area (Å²) in [5, 5.41) is 9.01. The molecule has 15 heavy (non-hydrogen) atoms. The first-order chi connectivity index (χ1) is 7.31. The summed E-state index contributed by atoms with van der Waals surface area (Å²) in [6.07, 6.45) is 2.14. The first-order valence-electron chi connectivity index (χ1n) is 4.95. The summed E-state index contributed by atoms with van der Waals surface area (Å²) in [4.78, 5) is 4.23. The van der Waals surface area contributed by atoms with Crippen LogP contribution in [0, 0.1) is 11.3 Å². The Morgan fingerprint density at radius 3 is 3.00 bits per heavy atom. The van der Waals surface area contributed by atoms with Gasteiger partial charge in [0, 0.05) is 18.2 Å². The van der Waals surface area contributed by atoms with Crippen molar-refractivity contribution in [2.45, 2.75) is 18.8 Å². The molecule has 1 fully saturated rings. The number of aromatic nitrogens is 1. The third kappa shape index (κ3) is 2.28. The molecule has 0 spiro atoms. The van der Waals surface area contributed by atoms with Crippen molar-refractivity contribution in [2.75, 3.05) is 13.2 Å². The van der Waals surface area contributed by atoms with Gasteiger partial charge in [-0.3, -0.25) is 0 Å². The molecule has 1 saturated heterocycles. The quantitative estimate of drug-likeness (QED) is 0.686. The molecule has 78 valence electrons. The van der Waals surface area contributed by atoms with E-state index >= 15 is 0 Å². The molecule has 0 N–H and O–H groups in total. The Morgan fingerprint density at radius 2 is 2.40 bits per heavy atom. The average Bonchev–Trinajstić information content (AvgIpc) is 2.30. The Labute approximate surface area is 93.6 Å². The maximum Gasteiger partial charge on any atom is 0.147 e. The van der Waals surface area contributed by atoms with Gasteiger partial charge < -0.3 is 4.74 Å². The lowest BCUT2D eigenvalue weighted by atomic mass is 9.98. The highest BCUT2D eigenvalue weighted by atomic mass is 35.5. The highest BCUT2D eigenvalue weighted by molar-refractivity contribution is 6.30. The first kappa shape index (κ1) is 10.4. The molecule has 2 rings (SSSR count). The van der Waals surface area contributed by atoms with Crippen molar-refractivity contribution in [1.29, 1.82) is 5.26 Å². The number of ether oxygens (including phenoxy) is 1. The predicted octanol–water partition coefficient (Wildman–Crippen LogP) is 2.50. The Kier molecular flexibility index (Phi) is 3.20. The van der Waals surface area contributed by atoms with E-state index in [-0.39, 0.29) is 0 Å². The molecule has 1 unspecified atom stereocenters. The second-order valence-corrected chi connectivity index (χ2v) is 3.96. The zero-order valence-corrected chi connectivity index (χ0v) is 9.00. The molecular weight excluding hydrogens is 212 g/mol. The summed E-state index contributed by atoms with van der Waals surface area (Å²) in [6, 6.07) is 5.59. The molecule has 1 atom stereocenters. The van der Waals surface area contributed by atoms with Gasteiger partial charge in [0.1, 0.15) is 11.2 Å². The molecule has 4 heteroatoms. The lowest BCUT2D eigenvalue weighted by Crippen LogP contribution is -2.16. The van der Waals surface area contributed by atoms with E-state index in [1.54, 1.807) is 6.07 Å². The van der Waals surface area contributed by atoms with Crippen molar-refractivity contribution in [1.82, 2.24) is 4.98 Å². The molecule has 1 aliphatic rings. The topological polar surface area (TPSA) is 45.9 Å². The average molecular weight is 223 g/mol. The number of halogens is 1. The van der Waals surface area contributed by atoms with E-state index in [4.69, 9.17) is 21.6 Å². The summed E-state index contributed by atoms with van der Waals surface area (Å²) in [7, 11) is 0. The number of rotatable bonds is 1. The van der Waals surface area contributed by atoms with Crippen molar-refractivity contribution < 1.29 is 4.74 Å². The third-order valence-electron chi connectivity index (χ3n) is 2.57. The van der Waals surface area contributed by atoms with Gasteiger partial charge in [0.15, 0.2) is 0 Å². The fourth-order valence-corrected chi connectivity index (χ4v) is 1.94. The molecule has 1 aromatic rings. The van der Waals surface area contributed by atoms with Gasteiger partial charge in [0.2, 0.25) is 0 Å². The molecule has 1 aliphatic heterocycles. The molecule has 0 saturated carbocycles. The summed E-state index contributed by atoms with van der Waals surface area (Å²) in [5.41, 5.74) is 1.36. The van der Waals surface area contributed by atoms with E-state index in [9.17, 15) is 0 Å². The van der Waals surface area contributed by atoms with Crippen LogP contribution in [0.25, 0.3) is 0 Å². The second-order valence-electron chi connectivity index (χ2n) is 3.60. The van der Waals surface area contributed by atoms with Crippen LogP contribution in [-0.2, 0) is 4.74 Å². The van der Waals surface area contributed by atoms with E-state index in [1.165, 1.54) is 0 Å². The zero-order chi connectivity index (χ0) is 10.7. The first-order valence-corrected chi connectivity index (χ1v) is 5.33. The van der Waals surface area contributed by atoms with Gasteiger partial charge in [-0.2, -0.15) is 5.26 Å². The van der Waals surface area contributed by atoms with Crippen LogP contribution in [0.3, 0.4) is 0 Å². The fourth-order valence-electron chi connectivity index (χ4n) is 1.73. The minimum Gasteiger partial charge on any atom is -0.381 e. The molecule has 0 radical (unpaired) electrons. The Bertz CT molecular complexity index is 394. The molecule has 3 nitrogen and oxygen atoms in total. The van der Waals surface area contributed by atoms with Gasteiger partial charge in [0.25, 0.3) is 0 Å². The maximum absolute atomic E-state index is 8.72. The molecule has 0 bridgehead atoms. The number of hydrogen-bond donors (Lipinski definition) is 0. The van der Waals surface area contributed by atoms with Gasteiger partial charge in [-0.15, -0.1) is 0 Å². The summed E-state index contributed by atoms with van der Waals surface area (Å²) < 4.78 is 5.38. The van der Waals surface area contributed by atoms with E-state index < -0.39 is 0 Å². The Balaban J connectivity index is 2.22. The van der Waals surface area contributed by atoms with Crippen LogP contribution < -0.4 is 0 Å². The standard InChI is InChI=1S/C11H11ClN2O/c12-11-8(6-13)3-4-10(14-11)9-2-1-5-15-7-9/h3-4,9H,1-2,5,7H2. The van der Waals surface area contributed by atoms with Gasteiger partial charge >= 0.3 is 0 Å². The maximum atomic E-state index is 8.72. The summed E-state index contributed by atoms with van der Waals surface area (Å²) >= 11 is 5.87. The molecule has 0 aliphatic carbocycles. The highest BCUT2D eigenvalue weighted by Gasteiger charge is 2.18. The SMILES string of the molecule is N#Cc1ccc(C2CCCOC2)nc1Cl. The smallest absolute Gasteiger partial charge is 0.147 e. The monoisotopic (exact) mass is 222 g/mol. The predicted molar refractivity (Wildman–Crippen MR) is 56.8 cm³/mol. The number of pyridine rings is 1. The summed E-state index contributed by atoms with van der Waals surface area (Å²) in [5.74, 6) is 0.323. The fraction of sp³-hybridized carbons (Fsp3) is 0.455. The van der Waals surface area contributed by atoms with Gasteiger partial charge in [-0.25, -0.2) is 4.98 Å². The van der Waals surface area contributed by atoms with E-state index in [0.717, 1.165) is 25.1 Å². The van der Waals surface area contributed by atoms with E-state index in [2.05, 4.69) is 4.98 Å². The molecule has 2 heterocycles. The van der Waals surface area contributed by atoms with Crippen molar-refractivity contribution in [3.63, 3.8) is 0 Å². The van der Waals surface area contributed by atoms with Crippen LogP contribution in [0.1, 0.15) is 30.0 Å². The Hall–Kier alpha value is -1.11. The van der Waals surface area contributed by atoms with E-state index in [0.29, 0.717) is 23.2 Å². The van der Waals surface area contributed by atoms with Crippen LogP contribution in [0.2, 0.25) is 5.15 Å². The summed E-state index contributed by atoms with van der Waals surface area (Å²) in [6.45, 7) is 1.54. The number of nitriles is 1. The molecule has 0 amide bonds. The highest BCUT2D eigenvalue weighted by Crippen LogP contribution is 2.25. The zero-order valence-electron chi connectivity index (χ0n) is 8.24. The number of nitrogens with zero attached hydrogens (tertiary/aromatic N) is 2. The van der Waals surface area contributed by atoms with Crippen LogP contribution in [0.5, 0.6) is 0 Å². The molecule has 0 aromatic carbocycles. The lowest BCUT2D eigenvalue weighted by Gasteiger charge is -2.21. The minimum absolute atomic E-state index is 0.292. The van der Waals surface area contributed by atoms with Crippen LogP contribution in [0.4, 0.5) is 0 Å². The lowest BCUT2D eigenvalue weighted by molar-refractivity contribution is 0.0793. The largest absolute Gasteiger partial charge is 0.381 e. The van der Waals surface area contributed by atoms with Crippen molar-refractivity contribution >= 4 is 11.6 Å². The molecule has 1 aromatic heterocycles. The normalized spacial score (nSPS) is 20.9. The number of hydrogen-bond acceptors (Lipinski definition) is 3. The third-order valence-corrected chi connectivity index (χ3v) is 2.86. The van der Waals surface area contributed by atoms with Crippen molar-refractivity contribution in [3.8, 4) is 6.07 Å². The van der Waals surface area contributed by atoms with Crippen LogP contribution >= 0.6 is 11.6 Å². The van der Waals surface area contributed by atoms with Crippen molar-refractivity contribution in [3.05, 3.63) is 28.5 Å². The Morgan fingerprint density at radius 1 is 1.53 bits per heavy atom. The molecular formula is C11H11ClN2O. The van der Waals surface area contributed by atoms with Gasteiger partial charge in [0.05, 0.1) is 12.2 Å². The van der Waals surface area contributed by atoms with Gasteiger partial charge in [-0.05, 0) is 25.0 Å².